The maximum Gasteiger partial charge on any atom is 0.258 e. The molecule has 0 saturated heterocycles. The molecule has 1 amide bonds. The molecule has 5 heteroatoms. The van der Waals surface area contributed by atoms with Crippen molar-refractivity contribution >= 4 is 23.8 Å². The van der Waals surface area contributed by atoms with Gasteiger partial charge in [-0.2, -0.15) is 0 Å². The maximum absolute atomic E-state index is 12.2. The molecular weight excluding hydrogens is 272 g/mol. The zero-order valence-electron chi connectivity index (χ0n) is 11.3. The third-order valence-corrected chi connectivity index (χ3v) is 3.37. The normalized spacial score (nSPS) is 11.9. The van der Waals surface area contributed by atoms with Crippen molar-refractivity contribution in [1.29, 1.82) is 0 Å². The van der Waals surface area contributed by atoms with Crippen LogP contribution in [0.4, 0.5) is 5.69 Å². The summed E-state index contributed by atoms with van der Waals surface area (Å²) >= 11 is 5.09. The van der Waals surface area contributed by atoms with Crippen LogP contribution in [0.25, 0.3) is 0 Å². The fraction of sp³-hybridized carbons (Fsp3) is 0.200. The molecule has 0 radical (unpaired) electrons. The Morgan fingerprint density at radius 1 is 1.35 bits per heavy atom. The second-order valence-electron chi connectivity index (χ2n) is 4.37. The number of hydrogen-bond donors (Lipinski definition) is 2. The number of H-pyrrole nitrogens is 1. The second kappa shape index (κ2) is 6.45. The summed E-state index contributed by atoms with van der Waals surface area (Å²) in [6.45, 7) is 1.95. The first-order chi connectivity index (χ1) is 9.61. The zero-order valence-corrected chi connectivity index (χ0v) is 12.2. The Morgan fingerprint density at radius 2 is 2.15 bits per heavy atom. The first-order valence-corrected chi connectivity index (χ1v) is 6.64. The monoisotopic (exact) mass is 288 g/mol. The van der Waals surface area contributed by atoms with Gasteiger partial charge in [-0.05, 0) is 36.8 Å². The van der Waals surface area contributed by atoms with Gasteiger partial charge in [0.05, 0.1) is 11.7 Å². The molecule has 0 aliphatic carbocycles. The summed E-state index contributed by atoms with van der Waals surface area (Å²) < 4.78 is 5.69. The van der Waals surface area contributed by atoms with Gasteiger partial charge >= 0.3 is 0 Å². The molecule has 0 spiro atoms. The molecule has 20 heavy (non-hydrogen) atoms. The molecule has 2 rings (SSSR count). The Morgan fingerprint density at radius 3 is 2.85 bits per heavy atom. The number of aromatic amines is 1. The van der Waals surface area contributed by atoms with Gasteiger partial charge in [-0.25, -0.2) is 0 Å². The van der Waals surface area contributed by atoms with Gasteiger partial charge in [0.15, 0.2) is 0 Å². The van der Waals surface area contributed by atoms with Crippen molar-refractivity contribution in [3.63, 3.8) is 0 Å². The highest BCUT2D eigenvalue weighted by Crippen LogP contribution is 2.20. The van der Waals surface area contributed by atoms with Gasteiger partial charge in [-0.1, -0.05) is 24.4 Å². The Bertz CT molecular complexity index is 667. The van der Waals surface area contributed by atoms with E-state index in [-0.39, 0.29) is 12.0 Å². The number of ether oxygens (including phenoxy) is 1. The molecular formula is C15H16N2O2S. The molecule has 2 N–H and O–H groups in total. The summed E-state index contributed by atoms with van der Waals surface area (Å²) in [7, 11) is 1.65. The van der Waals surface area contributed by atoms with E-state index in [1.54, 1.807) is 25.4 Å². The van der Waals surface area contributed by atoms with Crippen LogP contribution in [0.1, 0.15) is 28.9 Å². The van der Waals surface area contributed by atoms with E-state index in [9.17, 15) is 4.79 Å². The summed E-state index contributed by atoms with van der Waals surface area (Å²) in [6.07, 6.45) is 1.67. The third-order valence-electron chi connectivity index (χ3n) is 3.03. The molecule has 0 aliphatic heterocycles. The minimum absolute atomic E-state index is 0.0218. The van der Waals surface area contributed by atoms with Gasteiger partial charge in [0.25, 0.3) is 5.91 Å². The molecule has 1 heterocycles. The van der Waals surface area contributed by atoms with E-state index in [4.69, 9.17) is 17.0 Å². The minimum atomic E-state index is -0.228. The minimum Gasteiger partial charge on any atom is -0.377 e. The first kappa shape index (κ1) is 14.4. The van der Waals surface area contributed by atoms with Gasteiger partial charge < -0.3 is 15.0 Å². The van der Waals surface area contributed by atoms with Crippen LogP contribution in [0.5, 0.6) is 0 Å². The molecule has 1 unspecified atom stereocenters. The number of carbonyl (C=O) groups is 1. The number of rotatable bonds is 4. The van der Waals surface area contributed by atoms with E-state index in [0.29, 0.717) is 10.2 Å². The molecule has 1 atom stereocenters. The van der Waals surface area contributed by atoms with Crippen LogP contribution < -0.4 is 5.32 Å². The number of carbonyl (C=O) groups excluding carboxylic acids is 1. The van der Waals surface area contributed by atoms with Crippen molar-refractivity contribution in [2.24, 2.45) is 0 Å². The Labute approximate surface area is 122 Å². The summed E-state index contributed by atoms with van der Waals surface area (Å²) in [5, 5.41) is 2.84. The van der Waals surface area contributed by atoms with Crippen LogP contribution >= 0.6 is 12.2 Å². The molecule has 0 fully saturated rings. The summed E-state index contributed by atoms with van der Waals surface area (Å²) in [5.41, 5.74) is 2.17. The van der Waals surface area contributed by atoms with Crippen LogP contribution in [0.2, 0.25) is 0 Å². The van der Waals surface area contributed by atoms with Crippen molar-refractivity contribution in [2.75, 3.05) is 12.4 Å². The lowest BCUT2D eigenvalue weighted by atomic mass is 10.1. The molecule has 1 aromatic carbocycles. The van der Waals surface area contributed by atoms with Crippen molar-refractivity contribution in [1.82, 2.24) is 4.98 Å². The van der Waals surface area contributed by atoms with Crippen LogP contribution in [0, 0.1) is 4.64 Å². The highest BCUT2D eigenvalue weighted by atomic mass is 32.1. The summed E-state index contributed by atoms with van der Waals surface area (Å²) in [4.78, 5) is 15.0. The van der Waals surface area contributed by atoms with Crippen molar-refractivity contribution in [3.05, 3.63) is 58.4 Å². The fourth-order valence-electron chi connectivity index (χ4n) is 1.80. The van der Waals surface area contributed by atoms with Crippen LogP contribution in [0.3, 0.4) is 0 Å². The Kier molecular flexibility index (Phi) is 4.65. The zero-order chi connectivity index (χ0) is 14.5. The number of aromatic nitrogens is 1. The van der Waals surface area contributed by atoms with Crippen LogP contribution in [-0.2, 0) is 4.74 Å². The third kappa shape index (κ3) is 3.31. The molecule has 0 aliphatic rings. The van der Waals surface area contributed by atoms with Crippen molar-refractivity contribution < 1.29 is 9.53 Å². The lowest BCUT2D eigenvalue weighted by Gasteiger charge is -2.12. The average molecular weight is 288 g/mol. The van der Waals surface area contributed by atoms with Gasteiger partial charge in [0.2, 0.25) is 0 Å². The molecule has 104 valence electrons. The molecule has 4 nitrogen and oxygen atoms in total. The van der Waals surface area contributed by atoms with Gasteiger partial charge in [0, 0.05) is 19.0 Å². The number of hydrogen-bond acceptors (Lipinski definition) is 3. The number of benzene rings is 1. The molecule has 0 bridgehead atoms. The van der Waals surface area contributed by atoms with Gasteiger partial charge in [-0.3, -0.25) is 4.79 Å². The predicted molar refractivity (Wildman–Crippen MR) is 81.4 cm³/mol. The lowest BCUT2D eigenvalue weighted by Crippen LogP contribution is -2.13. The average Bonchev–Trinajstić information content (AvgIpc) is 2.47. The Hall–Kier alpha value is -1.98. The van der Waals surface area contributed by atoms with Crippen LogP contribution in [-0.4, -0.2) is 18.0 Å². The highest BCUT2D eigenvalue weighted by Gasteiger charge is 2.09. The summed E-state index contributed by atoms with van der Waals surface area (Å²) in [5.74, 6) is -0.228. The molecule has 1 aromatic heterocycles. The number of amides is 1. The second-order valence-corrected chi connectivity index (χ2v) is 4.78. The molecule has 2 aromatic rings. The van der Waals surface area contributed by atoms with E-state index >= 15 is 0 Å². The van der Waals surface area contributed by atoms with E-state index in [1.165, 1.54) is 0 Å². The smallest absolute Gasteiger partial charge is 0.258 e. The maximum atomic E-state index is 12.2. The standard InChI is InChI=1S/C15H16N2O2S/c1-10(19-2)11-5-3-6-12(9-11)17-14(18)13-7-4-8-16-15(13)20/h3-10H,1-2H3,(H,16,20)(H,17,18). The number of anilines is 1. The number of pyridine rings is 1. The topological polar surface area (TPSA) is 54.1 Å². The largest absolute Gasteiger partial charge is 0.377 e. The van der Waals surface area contributed by atoms with E-state index in [2.05, 4.69) is 10.3 Å². The van der Waals surface area contributed by atoms with Crippen molar-refractivity contribution in [3.8, 4) is 0 Å². The van der Waals surface area contributed by atoms with Gasteiger partial charge in [0.1, 0.15) is 4.64 Å². The van der Waals surface area contributed by atoms with E-state index < -0.39 is 0 Å². The van der Waals surface area contributed by atoms with Gasteiger partial charge in [-0.15, -0.1) is 0 Å². The van der Waals surface area contributed by atoms with Crippen molar-refractivity contribution in [2.45, 2.75) is 13.0 Å². The SMILES string of the molecule is COC(C)c1cccc(NC(=O)c2ccc[nH]c2=S)c1. The van der Waals surface area contributed by atoms with Crippen LogP contribution in [0.15, 0.2) is 42.6 Å². The van der Waals surface area contributed by atoms with E-state index in [0.717, 1.165) is 11.3 Å². The lowest BCUT2D eigenvalue weighted by molar-refractivity contribution is 0.102. The fourth-order valence-corrected chi connectivity index (χ4v) is 2.03. The number of nitrogens with one attached hydrogen (secondary N) is 2. The Balaban J connectivity index is 2.20. The van der Waals surface area contributed by atoms with E-state index in [1.807, 2.05) is 31.2 Å². The first-order valence-electron chi connectivity index (χ1n) is 6.23. The molecule has 0 saturated carbocycles. The predicted octanol–water partition coefficient (Wildman–Crippen LogP) is 3.70. The highest BCUT2D eigenvalue weighted by molar-refractivity contribution is 7.71. The summed E-state index contributed by atoms with van der Waals surface area (Å²) in [6, 6.07) is 11.0. The quantitative estimate of drug-likeness (QED) is 0.843. The number of methoxy groups -OCH3 is 1.